The summed E-state index contributed by atoms with van der Waals surface area (Å²) in [6, 6.07) is 4.54. The lowest BCUT2D eigenvalue weighted by molar-refractivity contribution is -0.113. The summed E-state index contributed by atoms with van der Waals surface area (Å²) in [6.45, 7) is 5.07. The van der Waals surface area contributed by atoms with Crippen molar-refractivity contribution in [1.82, 2.24) is 4.31 Å². The first kappa shape index (κ1) is 22.1. The van der Waals surface area contributed by atoms with Crippen LogP contribution in [0, 0.1) is 0 Å². The molecular weight excluding hydrogens is 416 g/mol. The van der Waals surface area contributed by atoms with Crippen molar-refractivity contribution in [2.75, 3.05) is 31.6 Å². The number of hydrogen-bond acceptors (Lipinski definition) is 5. The van der Waals surface area contributed by atoms with E-state index in [1.807, 2.05) is 13.8 Å². The smallest absolute Gasteiger partial charge is 0.252 e. The van der Waals surface area contributed by atoms with Crippen molar-refractivity contribution in [2.24, 2.45) is 0 Å². The van der Waals surface area contributed by atoms with Gasteiger partial charge in [-0.15, -0.1) is 0 Å². The molecule has 0 atom stereocenters. The number of allylic oxidation sites excluding steroid dienone is 1. The van der Waals surface area contributed by atoms with Gasteiger partial charge in [-0.1, -0.05) is 11.6 Å². The second-order valence-electron chi connectivity index (χ2n) is 7.39. The van der Waals surface area contributed by atoms with Crippen molar-refractivity contribution in [3.8, 4) is 5.75 Å². The van der Waals surface area contributed by atoms with Gasteiger partial charge in [0.05, 0.1) is 29.9 Å². The number of sulfonamides is 1. The highest BCUT2D eigenvalue weighted by Crippen LogP contribution is 2.33. The monoisotopic (exact) mass is 442 g/mol. The lowest BCUT2D eigenvalue weighted by Gasteiger charge is -2.26. The maximum Gasteiger partial charge on any atom is 0.252 e. The second-order valence-corrected chi connectivity index (χ2v) is 9.78. The Balaban J connectivity index is 1.92. The predicted molar refractivity (Wildman–Crippen MR) is 112 cm³/mol. The number of ether oxygens (including phenoxy) is 2. The highest BCUT2D eigenvalue weighted by Gasteiger charge is 2.28. The highest BCUT2D eigenvalue weighted by molar-refractivity contribution is 7.89. The molecule has 0 bridgehead atoms. The molecule has 29 heavy (non-hydrogen) atoms. The molecule has 1 saturated heterocycles. The maximum absolute atomic E-state index is 13.0. The van der Waals surface area contributed by atoms with Gasteiger partial charge in [0.15, 0.2) is 0 Å². The molecule has 3 rings (SSSR count). The first-order valence-corrected chi connectivity index (χ1v) is 11.7. The van der Waals surface area contributed by atoms with Gasteiger partial charge >= 0.3 is 0 Å². The molecule has 1 N–H and O–H groups in total. The van der Waals surface area contributed by atoms with Crippen LogP contribution >= 0.6 is 11.6 Å². The van der Waals surface area contributed by atoms with E-state index in [1.54, 1.807) is 6.07 Å². The summed E-state index contributed by atoms with van der Waals surface area (Å²) in [5, 5.41) is 3.38. The molecular formula is C20H27ClN2O5S. The van der Waals surface area contributed by atoms with Gasteiger partial charge < -0.3 is 14.8 Å². The third-order valence-electron chi connectivity index (χ3n) is 4.84. The minimum Gasteiger partial charge on any atom is -0.489 e. The maximum atomic E-state index is 13.0. The molecule has 9 heteroatoms. The molecule has 0 unspecified atom stereocenters. The number of nitrogens with one attached hydrogen (secondary N) is 1. The van der Waals surface area contributed by atoms with E-state index in [0.29, 0.717) is 61.2 Å². The molecule has 0 aromatic heterocycles. The van der Waals surface area contributed by atoms with Crippen LogP contribution in [-0.2, 0) is 19.6 Å². The molecule has 1 heterocycles. The molecule has 1 aliphatic heterocycles. The molecule has 1 amide bonds. The molecule has 0 saturated carbocycles. The van der Waals surface area contributed by atoms with Crippen molar-refractivity contribution in [3.05, 3.63) is 28.8 Å². The Morgan fingerprint density at radius 1 is 1.21 bits per heavy atom. The average Bonchev–Trinajstić information content (AvgIpc) is 2.69. The molecule has 1 aromatic rings. The van der Waals surface area contributed by atoms with Gasteiger partial charge in [0.25, 0.3) is 5.91 Å². The number of carbonyl (C=O) groups is 1. The topological polar surface area (TPSA) is 84.9 Å². The normalized spacial score (nSPS) is 18.8. The van der Waals surface area contributed by atoms with Gasteiger partial charge in [0, 0.05) is 23.7 Å². The molecule has 1 aromatic carbocycles. The fraction of sp³-hybridized carbons (Fsp3) is 0.550. The van der Waals surface area contributed by atoms with E-state index in [2.05, 4.69) is 5.32 Å². The van der Waals surface area contributed by atoms with Crippen LogP contribution in [0.4, 0.5) is 5.69 Å². The fourth-order valence-corrected chi connectivity index (χ4v) is 5.11. The zero-order chi connectivity index (χ0) is 21.0. The van der Waals surface area contributed by atoms with Gasteiger partial charge in [-0.2, -0.15) is 4.31 Å². The van der Waals surface area contributed by atoms with E-state index in [-0.39, 0.29) is 16.9 Å². The van der Waals surface area contributed by atoms with Gasteiger partial charge in [0.2, 0.25) is 10.0 Å². The van der Waals surface area contributed by atoms with Crippen LogP contribution in [-0.4, -0.2) is 51.0 Å². The number of rotatable bonds is 6. The van der Waals surface area contributed by atoms with Crippen molar-refractivity contribution < 1.29 is 22.7 Å². The summed E-state index contributed by atoms with van der Waals surface area (Å²) >= 11 is 6.25. The number of morpholine rings is 1. The summed E-state index contributed by atoms with van der Waals surface area (Å²) in [5.74, 6) is 0.103. The number of anilines is 1. The third-order valence-corrected chi connectivity index (χ3v) is 7.16. The largest absolute Gasteiger partial charge is 0.489 e. The van der Waals surface area contributed by atoms with Crippen LogP contribution in [0.15, 0.2) is 33.7 Å². The van der Waals surface area contributed by atoms with Crippen LogP contribution in [0.5, 0.6) is 5.75 Å². The van der Waals surface area contributed by atoms with Gasteiger partial charge in [-0.25, -0.2) is 8.42 Å². The first-order valence-electron chi connectivity index (χ1n) is 9.86. The average molecular weight is 443 g/mol. The lowest BCUT2D eigenvalue weighted by Crippen LogP contribution is -2.40. The van der Waals surface area contributed by atoms with Gasteiger partial charge in [-0.05, 0) is 57.7 Å². The van der Waals surface area contributed by atoms with Crippen LogP contribution in [0.3, 0.4) is 0 Å². The van der Waals surface area contributed by atoms with Crippen LogP contribution in [0.2, 0.25) is 0 Å². The molecule has 1 aliphatic carbocycles. The Morgan fingerprint density at radius 3 is 2.55 bits per heavy atom. The van der Waals surface area contributed by atoms with Crippen molar-refractivity contribution in [2.45, 2.75) is 50.5 Å². The second kappa shape index (κ2) is 9.47. The SMILES string of the molecule is CC(C)Oc1ccc(S(=O)(=O)N2CCOCC2)cc1NC(=O)C1=C(Cl)CCCC1. The van der Waals surface area contributed by atoms with E-state index < -0.39 is 10.0 Å². The van der Waals surface area contributed by atoms with Crippen molar-refractivity contribution in [3.63, 3.8) is 0 Å². The molecule has 7 nitrogen and oxygen atoms in total. The van der Waals surface area contributed by atoms with E-state index in [1.165, 1.54) is 16.4 Å². The Kier molecular flexibility index (Phi) is 7.21. The Morgan fingerprint density at radius 2 is 1.90 bits per heavy atom. The number of carbonyl (C=O) groups excluding carboxylic acids is 1. The fourth-order valence-electron chi connectivity index (χ4n) is 3.36. The van der Waals surface area contributed by atoms with E-state index in [0.717, 1.165) is 12.8 Å². The minimum atomic E-state index is -3.69. The molecule has 160 valence electrons. The Hall–Kier alpha value is -1.61. The summed E-state index contributed by atoms with van der Waals surface area (Å²) in [6.07, 6.45) is 3.02. The first-order chi connectivity index (χ1) is 13.8. The minimum absolute atomic E-state index is 0.106. The van der Waals surface area contributed by atoms with Crippen LogP contribution in [0.25, 0.3) is 0 Å². The van der Waals surface area contributed by atoms with Gasteiger partial charge in [-0.3, -0.25) is 4.79 Å². The number of hydrogen-bond donors (Lipinski definition) is 1. The molecule has 0 radical (unpaired) electrons. The third kappa shape index (κ3) is 5.31. The molecule has 2 aliphatic rings. The summed E-state index contributed by atoms with van der Waals surface area (Å²) in [4.78, 5) is 12.9. The highest BCUT2D eigenvalue weighted by atomic mass is 35.5. The van der Waals surface area contributed by atoms with Crippen LogP contribution < -0.4 is 10.1 Å². The van der Waals surface area contributed by atoms with E-state index in [4.69, 9.17) is 21.1 Å². The standard InChI is InChI=1S/C20H27ClN2O5S/c1-14(2)28-19-8-7-15(29(25,26)23-9-11-27-12-10-23)13-18(19)22-20(24)16-5-3-4-6-17(16)21/h7-8,13-14H,3-6,9-12H2,1-2H3,(H,22,24). The summed E-state index contributed by atoms with van der Waals surface area (Å²) < 4.78 is 38.4. The lowest BCUT2D eigenvalue weighted by atomic mass is 9.98. The molecule has 0 spiro atoms. The van der Waals surface area contributed by atoms with Crippen molar-refractivity contribution in [1.29, 1.82) is 0 Å². The van der Waals surface area contributed by atoms with E-state index in [9.17, 15) is 13.2 Å². The van der Waals surface area contributed by atoms with Gasteiger partial charge in [0.1, 0.15) is 5.75 Å². The number of halogens is 1. The van der Waals surface area contributed by atoms with E-state index >= 15 is 0 Å². The van der Waals surface area contributed by atoms with Crippen molar-refractivity contribution >= 4 is 33.2 Å². The summed E-state index contributed by atoms with van der Waals surface area (Å²) in [7, 11) is -3.69. The number of amides is 1. The predicted octanol–water partition coefficient (Wildman–Crippen LogP) is 3.50. The number of nitrogens with zero attached hydrogens (tertiary/aromatic N) is 1. The Labute approximate surface area is 177 Å². The molecule has 1 fully saturated rings. The zero-order valence-electron chi connectivity index (χ0n) is 16.7. The zero-order valence-corrected chi connectivity index (χ0v) is 18.3. The number of benzene rings is 1. The Bertz CT molecular complexity index is 892. The summed E-state index contributed by atoms with van der Waals surface area (Å²) in [5.41, 5.74) is 0.871. The van der Waals surface area contributed by atoms with Crippen LogP contribution in [0.1, 0.15) is 39.5 Å². The quantitative estimate of drug-likeness (QED) is 0.728.